The summed E-state index contributed by atoms with van der Waals surface area (Å²) in [6.45, 7) is 4.31. The molecule has 0 fully saturated rings. The van der Waals surface area contributed by atoms with Gasteiger partial charge in [-0.1, -0.05) is 49.0 Å². The van der Waals surface area contributed by atoms with E-state index in [0.717, 1.165) is 6.07 Å². The van der Waals surface area contributed by atoms with Crippen LogP contribution in [-0.2, 0) is 4.79 Å². The fourth-order valence-corrected chi connectivity index (χ4v) is 3.86. The molecule has 0 aliphatic carbocycles. The maximum absolute atomic E-state index is 12.9. The molecule has 3 rings (SSSR count). The predicted octanol–water partition coefficient (Wildman–Crippen LogP) is 0.493. The van der Waals surface area contributed by atoms with Gasteiger partial charge in [0.15, 0.2) is 5.96 Å². The third-order valence-corrected chi connectivity index (χ3v) is 5.83. The summed E-state index contributed by atoms with van der Waals surface area (Å²) in [5.74, 6) is -1.55. The van der Waals surface area contributed by atoms with Crippen molar-refractivity contribution in [2.75, 3.05) is 17.6 Å². The molecule has 202 valence electrons. The largest absolute Gasteiger partial charge is 0.398 e. The second-order valence-electron chi connectivity index (χ2n) is 8.61. The molecular weight excluding hydrogens is 500 g/mol. The van der Waals surface area contributed by atoms with Crippen molar-refractivity contribution in [1.29, 1.82) is 0 Å². The number of primary amides is 1. The van der Waals surface area contributed by atoms with Crippen LogP contribution in [-0.4, -0.2) is 35.3 Å². The lowest BCUT2D eigenvalue weighted by Gasteiger charge is -2.16. The first-order valence-corrected chi connectivity index (χ1v) is 11.9. The van der Waals surface area contributed by atoms with Gasteiger partial charge in [0, 0.05) is 34.6 Å². The van der Waals surface area contributed by atoms with Crippen LogP contribution in [0.5, 0.6) is 0 Å². The summed E-state index contributed by atoms with van der Waals surface area (Å²) in [4.78, 5) is 40.0. The van der Waals surface area contributed by atoms with Crippen molar-refractivity contribution in [3.8, 4) is 0 Å². The van der Waals surface area contributed by atoms with Gasteiger partial charge < -0.3 is 33.6 Å². The van der Waals surface area contributed by atoms with E-state index in [0.29, 0.717) is 33.8 Å². The molecule has 0 saturated carbocycles. The average Bonchev–Trinajstić information content (AvgIpc) is 2.89. The Balaban J connectivity index is 1.96. The number of anilines is 2. The number of nitrogens with one attached hydrogen (secondary N) is 2. The SMILES string of the molecule is C=c1cccc/c1=C(\Nc1ccc(C(=O)NC(CCCN=C(N)N)C(N)=O)cc1[N+](=O)[O-])c1ccccc1N. The van der Waals surface area contributed by atoms with Crippen LogP contribution in [0.4, 0.5) is 17.1 Å². The van der Waals surface area contributed by atoms with Gasteiger partial charge in [0.2, 0.25) is 5.91 Å². The van der Waals surface area contributed by atoms with Gasteiger partial charge in [-0.2, -0.15) is 0 Å². The minimum atomic E-state index is -1.02. The molecule has 0 aromatic heterocycles. The number of hydrogen-bond donors (Lipinski definition) is 6. The summed E-state index contributed by atoms with van der Waals surface area (Å²) in [6, 6.07) is 17.3. The molecule has 1 atom stereocenters. The Morgan fingerprint density at radius 2 is 1.72 bits per heavy atom. The lowest BCUT2D eigenvalue weighted by molar-refractivity contribution is -0.383. The highest BCUT2D eigenvalue weighted by atomic mass is 16.6. The molecule has 0 aliphatic heterocycles. The lowest BCUT2D eigenvalue weighted by Crippen LogP contribution is -2.44. The minimum Gasteiger partial charge on any atom is -0.398 e. The fraction of sp³-hybridized carbons (Fsp3) is 0.148. The number of rotatable bonds is 11. The van der Waals surface area contributed by atoms with Gasteiger partial charge in [0.1, 0.15) is 11.7 Å². The normalized spacial score (nSPS) is 12.1. The van der Waals surface area contributed by atoms with E-state index in [9.17, 15) is 19.7 Å². The van der Waals surface area contributed by atoms with Gasteiger partial charge >= 0.3 is 0 Å². The highest BCUT2D eigenvalue weighted by molar-refractivity contribution is 5.99. The Kier molecular flexibility index (Phi) is 9.19. The molecule has 2 amide bonds. The molecule has 0 bridgehead atoms. The van der Waals surface area contributed by atoms with Crippen LogP contribution in [0.1, 0.15) is 28.8 Å². The number of nitrogen functional groups attached to an aromatic ring is 1. The quantitative estimate of drug-likeness (QED) is 0.0510. The first-order chi connectivity index (χ1) is 18.6. The van der Waals surface area contributed by atoms with Gasteiger partial charge in [0.25, 0.3) is 11.6 Å². The summed E-state index contributed by atoms with van der Waals surface area (Å²) in [5.41, 5.74) is 23.5. The molecule has 1 unspecified atom stereocenters. The number of guanidine groups is 1. The molecule has 0 heterocycles. The Morgan fingerprint density at radius 3 is 2.36 bits per heavy atom. The summed E-state index contributed by atoms with van der Waals surface area (Å²) >= 11 is 0. The van der Waals surface area contributed by atoms with Gasteiger partial charge in [-0.05, 0) is 36.3 Å². The van der Waals surface area contributed by atoms with Crippen molar-refractivity contribution in [3.05, 3.63) is 98.4 Å². The Hall–Kier alpha value is -5.39. The van der Waals surface area contributed by atoms with Crippen molar-refractivity contribution >= 4 is 47.1 Å². The van der Waals surface area contributed by atoms with Crippen molar-refractivity contribution in [2.45, 2.75) is 18.9 Å². The summed E-state index contributed by atoms with van der Waals surface area (Å²) in [6.07, 6.45) is 0.560. The third kappa shape index (κ3) is 7.32. The zero-order valence-electron chi connectivity index (χ0n) is 21.1. The molecule has 0 saturated heterocycles. The number of nitro groups is 1. The highest BCUT2D eigenvalue weighted by Crippen LogP contribution is 2.29. The monoisotopic (exact) mass is 530 g/mol. The minimum absolute atomic E-state index is 0.0268. The lowest BCUT2D eigenvalue weighted by atomic mass is 10.0. The number of carbonyl (C=O) groups excluding carboxylic acids is 2. The number of nitro benzene ring substituents is 1. The topological polar surface area (TPSA) is 218 Å². The first-order valence-electron chi connectivity index (χ1n) is 11.9. The van der Waals surface area contributed by atoms with Gasteiger partial charge in [-0.15, -0.1) is 0 Å². The van der Waals surface area contributed by atoms with Crippen molar-refractivity contribution < 1.29 is 14.5 Å². The molecule has 39 heavy (non-hydrogen) atoms. The molecule has 3 aromatic carbocycles. The molecule has 12 heteroatoms. The van der Waals surface area contributed by atoms with Crippen LogP contribution in [0.3, 0.4) is 0 Å². The number of hydrogen-bond acceptors (Lipinski definition) is 7. The Bertz CT molecular complexity index is 1530. The molecular formula is C27H30N8O4. The van der Waals surface area contributed by atoms with E-state index in [-0.39, 0.29) is 35.9 Å². The van der Waals surface area contributed by atoms with E-state index < -0.39 is 22.8 Å². The van der Waals surface area contributed by atoms with E-state index in [1.807, 2.05) is 24.3 Å². The molecule has 0 spiro atoms. The van der Waals surface area contributed by atoms with E-state index in [1.54, 1.807) is 24.3 Å². The zero-order chi connectivity index (χ0) is 28.5. The van der Waals surface area contributed by atoms with Gasteiger partial charge in [-0.25, -0.2) is 0 Å². The summed E-state index contributed by atoms with van der Waals surface area (Å²) in [5, 5.41) is 19.0. The Morgan fingerprint density at radius 1 is 1.03 bits per heavy atom. The average molecular weight is 531 g/mol. The smallest absolute Gasteiger partial charge is 0.293 e. The van der Waals surface area contributed by atoms with Crippen LogP contribution < -0.4 is 44.0 Å². The molecule has 3 aromatic rings. The number of aliphatic imine (C=N–C) groups is 1. The number of nitrogens with two attached hydrogens (primary N) is 4. The van der Waals surface area contributed by atoms with Crippen LogP contribution >= 0.6 is 0 Å². The summed E-state index contributed by atoms with van der Waals surface area (Å²) in [7, 11) is 0. The van der Waals surface area contributed by atoms with E-state index in [2.05, 4.69) is 22.2 Å². The number of benzene rings is 3. The number of amides is 2. The van der Waals surface area contributed by atoms with Crippen molar-refractivity contribution in [3.63, 3.8) is 0 Å². The van der Waals surface area contributed by atoms with E-state index in [4.69, 9.17) is 22.9 Å². The zero-order valence-corrected chi connectivity index (χ0v) is 21.1. The number of para-hydroxylation sites is 1. The maximum Gasteiger partial charge on any atom is 0.293 e. The predicted molar refractivity (Wildman–Crippen MR) is 152 cm³/mol. The van der Waals surface area contributed by atoms with Gasteiger partial charge in [0.05, 0.1) is 10.6 Å². The van der Waals surface area contributed by atoms with Gasteiger partial charge in [-0.3, -0.25) is 24.7 Å². The fourth-order valence-electron chi connectivity index (χ4n) is 3.86. The van der Waals surface area contributed by atoms with Crippen LogP contribution in [0, 0.1) is 10.1 Å². The summed E-state index contributed by atoms with van der Waals surface area (Å²) < 4.78 is 0. The van der Waals surface area contributed by atoms with Crippen molar-refractivity contribution in [1.82, 2.24) is 5.32 Å². The molecule has 10 N–H and O–H groups in total. The van der Waals surface area contributed by atoms with E-state index >= 15 is 0 Å². The van der Waals surface area contributed by atoms with Crippen molar-refractivity contribution in [2.24, 2.45) is 22.2 Å². The molecule has 0 aliphatic rings. The number of carbonyl (C=O) groups is 2. The van der Waals surface area contributed by atoms with E-state index in [1.165, 1.54) is 12.1 Å². The first kappa shape index (κ1) is 28.2. The second kappa shape index (κ2) is 12.7. The van der Waals surface area contributed by atoms with Crippen LogP contribution in [0.15, 0.2) is 71.7 Å². The molecule has 12 nitrogen and oxygen atoms in total. The Labute approximate surface area is 224 Å². The maximum atomic E-state index is 12.9. The van der Waals surface area contributed by atoms with Crippen LogP contribution in [0.2, 0.25) is 0 Å². The number of nitrogens with zero attached hydrogens (tertiary/aromatic N) is 2. The second-order valence-corrected chi connectivity index (χ2v) is 8.61. The standard InChI is InChI=1S/C27H30N8O4/c1-16-7-2-3-8-18(16)24(19-9-4-5-10-20(19)28)33-21-13-12-17(15-23(21)35(38)39)26(37)34-22(25(29)36)11-6-14-32-27(30)31/h2-5,7-10,12-13,15,22,33H,1,6,11,14,28H2,(H2,29,36)(H,34,37)(H4,30,31,32)/b24-18+. The highest BCUT2D eigenvalue weighted by Gasteiger charge is 2.23. The molecule has 0 radical (unpaired) electrons. The van der Waals surface area contributed by atoms with Crippen LogP contribution in [0.25, 0.3) is 12.3 Å². The third-order valence-electron chi connectivity index (χ3n) is 5.83.